The number of rotatable bonds is 1. The Kier molecular flexibility index (Phi) is 1.86. The van der Waals surface area contributed by atoms with Crippen molar-refractivity contribution >= 4 is 11.0 Å². The average Bonchev–Trinajstić information content (AvgIpc) is 2.83. The van der Waals surface area contributed by atoms with Crippen molar-refractivity contribution in [3.63, 3.8) is 0 Å². The van der Waals surface area contributed by atoms with E-state index in [9.17, 15) is 0 Å². The van der Waals surface area contributed by atoms with Gasteiger partial charge in [-0.1, -0.05) is 6.07 Å². The van der Waals surface area contributed by atoms with Gasteiger partial charge in [0.25, 0.3) is 0 Å². The zero-order chi connectivity index (χ0) is 11.1. The summed E-state index contributed by atoms with van der Waals surface area (Å²) < 4.78 is 0. The van der Waals surface area contributed by atoms with Crippen LogP contribution in [0.4, 0.5) is 0 Å². The van der Waals surface area contributed by atoms with Gasteiger partial charge in [0, 0.05) is 6.20 Å². The van der Waals surface area contributed by atoms with Crippen molar-refractivity contribution in [2.24, 2.45) is 0 Å². The van der Waals surface area contributed by atoms with Gasteiger partial charge in [0.05, 0.1) is 16.7 Å². The number of fused-ring (bicyclic) bond motifs is 1. The van der Waals surface area contributed by atoms with Crippen LogP contribution in [0.1, 0.15) is 11.1 Å². The maximum atomic E-state index is 4.55. The molecule has 80 valence electrons. The molecule has 16 heavy (non-hydrogen) atoms. The summed E-state index contributed by atoms with van der Waals surface area (Å²) in [6, 6.07) is 8.32. The average molecular weight is 211 g/mol. The van der Waals surface area contributed by atoms with E-state index in [4.69, 9.17) is 0 Å². The summed E-state index contributed by atoms with van der Waals surface area (Å²) in [7, 11) is 0. The Morgan fingerprint density at radius 1 is 1.06 bits per heavy atom. The van der Waals surface area contributed by atoms with Gasteiger partial charge in [0.2, 0.25) is 0 Å². The monoisotopic (exact) mass is 211 g/mol. The third-order valence-electron chi connectivity index (χ3n) is 2.72. The van der Waals surface area contributed by atoms with Gasteiger partial charge in [-0.05, 0) is 43.2 Å². The maximum Gasteiger partial charge on any atom is 0.154 e. The van der Waals surface area contributed by atoms with Crippen LogP contribution in [0.2, 0.25) is 0 Å². The van der Waals surface area contributed by atoms with Crippen LogP contribution in [0.3, 0.4) is 0 Å². The Bertz CT molecular complexity index is 646. The Morgan fingerprint density at radius 2 is 1.94 bits per heavy atom. The molecule has 0 aliphatic carbocycles. The van der Waals surface area contributed by atoms with Crippen LogP contribution in [0.25, 0.3) is 22.6 Å². The van der Waals surface area contributed by atoms with E-state index in [2.05, 4.69) is 47.0 Å². The van der Waals surface area contributed by atoms with E-state index < -0.39 is 0 Å². The van der Waals surface area contributed by atoms with E-state index in [0.717, 1.165) is 22.6 Å². The molecule has 1 aromatic carbocycles. The molecular weight excluding hydrogens is 198 g/mol. The number of nitrogens with zero attached hydrogens (tertiary/aromatic N) is 1. The van der Waals surface area contributed by atoms with Crippen LogP contribution < -0.4 is 0 Å². The van der Waals surface area contributed by atoms with Gasteiger partial charge in [-0.15, -0.1) is 0 Å². The van der Waals surface area contributed by atoms with Gasteiger partial charge in [0.15, 0.2) is 5.82 Å². The normalized spacial score (nSPS) is 11.1. The van der Waals surface area contributed by atoms with Crippen LogP contribution >= 0.6 is 0 Å². The van der Waals surface area contributed by atoms with Gasteiger partial charge in [0.1, 0.15) is 0 Å². The fourth-order valence-corrected chi connectivity index (χ4v) is 1.89. The summed E-state index contributed by atoms with van der Waals surface area (Å²) in [6.45, 7) is 4.14. The Hall–Kier alpha value is -2.03. The minimum atomic E-state index is 0.897. The minimum absolute atomic E-state index is 0.897. The Labute approximate surface area is 93.5 Å². The Balaban J connectivity index is 2.18. The predicted octanol–water partition coefficient (Wildman–Crippen LogP) is 3.17. The lowest BCUT2D eigenvalue weighted by Crippen LogP contribution is -1.77. The molecule has 0 aliphatic rings. The van der Waals surface area contributed by atoms with Crippen molar-refractivity contribution in [2.45, 2.75) is 13.8 Å². The van der Waals surface area contributed by atoms with Crippen LogP contribution in [-0.4, -0.2) is 15.0 Å². The molecule has 0 fully saturated rings. The van der Waals surface area contributed by atoms with E-state index in [0.29, 0.717) is 0 Å². The largest absolute Gasteiger partial charge is 0.358 e. The maximum absolute atomic E-state index is 4.55. The zero-order valence-corrected chi connectivity index (χ0v) is 9.33. The molecule has 0 atom stereocenters. The number of aromatic nitrogens is 3. The molecule has 0 aliphatic heterocycles. The molecule has 3 rings (SSSR count). The molecule has 2 heterocycles. The van der Waals surface area contributed by atoms with Crippen LogP contribution in [0, 0.1) is 13.8 Å². The quantitative estimate of drug-likeness (QED) is 0.638. The number of aromatic amines is 2. The molecule has 0 saturated carbocycles. The highest BCUT2D eigenvalue weighted by molar-refractivity contribution is 5.79. The molecule has 0 bridgehead atoms. The lowest BCUT2D eigenvalue weighted by molar-refractivity contribution is 1.27. The van der Waals surface area contributed by atoms with Gasteiger partial charge < -0.3 is 9.97 Å². The summed E-state index contributed by atoms with van der Waals surface area (Å²) in [6.07, 6.45) is 1.98. The van der Waals surface area contributed by atoms with Crippen molar-refractivity contribution in [3.8, 4) is 11.5 Å². The van der Waals surface area contributed by atoms with Crippen molar-refractivity contribution in [1.29, 1.82) is 0 Å². The van der Waals surface area contributed by atoms with Gasteiger partial charge in [-0.2, -0.15) is 0 Å². The molecule has 0 unspecified atom stereocenters. The highest BCUT2D eigenvalue weighted by Gasteiger charge is 2.06. The van der Waals surface area contributed by atoms with Crippen molar-refractivity contribution in [2.75, 3.05) is 0 Å². The molecule has 0 spiro atoms. The van der Waals surface area contributed by atoms with Crippen LogP contribution in [0.15, 0.2) is 30.5 Å². The molecule has 0 radical (unpaired) electrons. The predicted molar refractivity (Wildman–Crippen MR) is 65.4 cm³/mol. The highest BCUT2D eigenvalue weighted by atomic mass is 14.9. The first kappa shape index (κ1) is 9.21. The number of hydrogen-bond acceptors (Lipinski definition) is 1. The molecule has 2 N–H and O–H groups in total. The Morgan fingerprint density at radius 3 is 2.69 bits per heavy atom. The summed E-state index contributed by atoms with van der Waals surface area (Å²) in [5, 5.41) is 0. The molecule has 3 heteroatoms. The second-order valence-corrected chi connectivity index (χ2v) is 4.20. The number of imidazole rings is 1. The molecule has 0 saturated heterocycles. The van der Waals surface area contributed by atoms with E-state index in [-0.39, 0.29) is 0 Å². The summed E-state index contributed by atoms with van der Waals surface area (Å²) in [5.41, 5.74) is 5.58. The lowest BCUT2D eigenvalue weighted by Gasteiger charge is -1.89. The lowest BCUT2D eigenvalue weighted by atomic mass is 10.2. The fraction of sp³-hybridized carbons (Fsp3) is 0.154. The minimum Gasteiger partial charge on any atom is -0.358 e. The molecule has 3 aromatic rings. The number of aryl methyl sites for hydroxylation is 2. The number of hydrogen-bond donors (Lipinski definition) is 2. The van der Waals surface area contributed by atoms with Gasteiger partial charge in [-0.25, -0.2) is 4.98 Å². The van der Waals surface area contributed by atoms with Crippen molar-refractivity contribution in [1.82, 2.24) is 15.0 Å². The number of nitrogens with one attached hydrogen (secondary N) is 2. The van der Waals surface area contributed by atoms with E-state index in [1.807, 2.05) is 12.3 Å². The third-order valence-corrected chi connectivity index (χ3v) is 2.72. The molecule has 3 nitrogen and oxygen atoms in total. The van der Waals surface area contributed by atoms with E-state index in [1.165, 1.54) is 11.1 Å². The van der Waals surface area contributed by atoms with Crippen LogP contribution in [-0.2, 0) is 0 Å². The van der Waals surface area contributed by atoms with Crippen molar-refractivity contribution in [3.05, 3.63) is 41.6 Å². The van der Waals surface area contributed by atoms with Gasteiger partial charge >= 0.3 is 0 Å². The standard InChI is InChI=1S/C13H13N3/c1-8-3-4-10-11(5-8)16-13(15-10)12-6-9(2)7-14-12/h3-7,14H,1-2H3,(H,15,16). The van der Waals surface area contributed by atoms with Crippen molar-refractivity contribution < 1.29 is 0 Å². The summed E-state index contributed by atoms with van der Waals surface area (Å²) >= 11 is 0. The number of H-pyrrole nitrogens is 2. The second-order valence-electron chi connectivity index (χ2n) is 4.20. The zero-order valence-electron chi connectivity index (χ0n) is 9.33. The number of benzene rings is 1. The topological polar surface area (TPSA) is 44.5 Å². The summed E-state index contributed by atoms with van der Waals surface area (Å²) in [5.74, 6) is 0.897. The smallest absolute Gasteiger partial charge is 0.154 e. The first-order valence-electron chi connectivity index (χ1n) is 5.34. The van der Waals surface area contributed by atoms with Crippen LogP contribution in [0.5, 0.6) is 0 Å². The molecular formula is C13H13N3. The molecule has 0 amide bonds. The van der Waals surface area contributed by atoms with E-state index >= 15 is 0 Å². The third kappa shape index (κ3) is 1.41. The van der Waals surface area contributed by atoms with E-state index in [1.54, 1.807) is 0 Å². The summed E-state index contributed by atoms with van der Waals surface area (Å²) in [4.78, 5) is 11.1. The molecule has 2 aromatic heterocycles. The van der Waals surface area contributed by atoms with Gasteiger partial charge in [-0.3, -0.25) is 0 Å². The highest BCUT2D eigenvalue weighted by Crippen LogP contribution is 2.20. The SMILES string of the molecule is Cc1c[nH]c(-c2nc3ccc(C)cc3[nH]2)c1. The fourth-order valence-electron chi connectivity index (χ4n) is 1.89. The first-order chi connectivity index (χ1) is 7.72. The first-order valence-corrected chi connectivity index (χ1v) is 5.34. The second kappa shape index (κ2) is 3.23.